The Bertz CT molecular complexity index is 569. The van der Waals surface area contributed by atoms with Crippen LogP contribution in [0.2, 0.25) is 0 Å². The number of carbonyl (C=O) groups is 1. The lowest BCUT2D eigenvalue weighted by Gasteiger charge is -2.04. The monoisotopic (exact) mass is 232 g/mol. The first-order chi connectivity index (χ1) is 7.99. The summed E-state index contributed by atoms with van der Waals surface area (Å²) in [6.07, 6.45) is 1.30. The molecule has 17 heavy (non-hydrogen) atoms. The van der Waals surface area contributed by atoms with E-state index in [1.807, 2.05) is 19.9 Å². The van der Waals surface area contributed by atoms with Gasteiger partial charge in [-0.15, -0.1) is 0 Å². The van der Waals surface area contributed by atoms with Gasteiger partial charge in [0.2, 0.25) is 0 Å². The maximum atomic E-state index is 10.9. The Labute approximate surface area is 98.0 Å². The fourth-order valence-electron chi connectivity index (χ4n) is 1.62. The third kappa shape index (κ3) is 2.01. The van der Waals surface area contributed by atoms with E-state index in [0.29, 0.717) is 11.6 Å². The Morgan fingerprint density at radius 1 is 1.24 bits per heavy atom. The fraction of sp³-hybridized carbons (Fsp3) is 0.273. The van der Waals surface area contributed by atoms with Gasteiger partial charge >= 0.3 is 5.97 Å². The normalized spacial score (nSPS) is 10.5. The van der Waals surface area contributed by atoms with Gasteiger partial charge in [-0.25, -0.2) is 19.4 Å². The first kappa shape index (κ1) is 11.3. The number of hydrogen-bond acceptors (Lipinski definition) is 4. The van der Waals surface area contributed by atoms with Gasteiger partial charge in [-0.1, -0.05) is 0 Å². The van der Waals surface area contributed by atoms with Crippen molar-refractivity contribution in [1.29, 1.82) is 0 Å². The Morgan fingerprint density at radius 3 is 2.29 bits per heavy atom. The fourth-order valence-corrected chi connectivity index (χ4v) is 1.62. The van der Waals surface area contributed by atoms with E-state index in [0.717, 1.165) is 11.4 Å². The molecule has 0 aromatic carbocycles. The van der Waals surface area contributed by atoms with E-state index in [2.05, 4.69) is 15.1 Å². The highest BCUT2D eigenvalue weighted by molar-refractivity contribution is 5.88. The van der Waals surface area contributed by atoms with Crippen molar-refractivity contribution in [2.24, 2.45) is 0 Å². The molecular formula is C11H12N4O2. The van der Waals surface area contributed by atoms with Crippen LogP contribution in [0.1, 0.15) is 27.4 Å². The lowest BCUT2D eigenvalue weighted by Crippen LogP contribution is -2.08. The number of nitrogens with zero attached hydrogens (tertiary/aromatic N) is 4. The van der Waals surface area contributed by atoms with Crippen LogP contribution in [0.25, 0.3) is 5.95 Å². The van der Waals surface area contributed by atoms with Crippen LogP contribution in [0.4, 0.5) is 0 Å². The first-order valence-corrected chi connectivity index (χ1v) is 5.09. The van der Waals surface area contributed by atoms with Crippen molar-refractivity contribution in [3.63, 3.8) is 0 Å². The lowest BCUT2D eigenvalue weighted by molar-refractivity contribution is 0.0696. The van der Waals surface area contributed by atoms with Crippen molar-refractivity contribution in [3.8, 4) is 5.95 Å². The van der Waals surface area contributed by atoms with Gasteiger partial charge < -0.3 is 5.11 Å². The highest BCUT2D eigenvalue weighted by Crippen LogP contribution is 2.11. The Balaban J connectivity index is 2.57. The molecular weight excluding hydrogens is 220 g/mol. The predicted molar refractivity (Wildman–Crippen MR) is 60.3 cm³/mol. The summed E-state index contributed by atoms with van der Waals surface area (Å²) >= 11 is 0. The Hall–Kier alpha value is -2.24. The van der Waals surface area contributed by atoms with Crippen molar-refractivity contribution in [2.45, 2.75) is 20.8 Å². The molecule has 2 rings (SSSR count). The van der Waals surface area contributed by atoms with Crippen LogP contribution in [0.5, 0.6) is 0 Å². The van der Waals surface area contributed by atoms with E-state index in [4.69, 9.17) is 5.11 Å². The van der Waals surface area contributed by atoms with Gasteiger partial charge in [0.25, 0.3) is 5.95 Å². The third-order valence-electron chi connectivity index (χ3n) is 2.40. The van der Waals surface area contributed by atoms with Crippen molar-refractivity contribution in [2.75, 3.05) is 0 Å². The summed E-state index contributed by atoms with van der Waals surface area (Å²) in [5.74, 6) is -0.606. The zero-order chi connectivity index (χ0) is 12.6. The molecule has 2 aromatic rings. The number of aromatic nitrogens is 4. The van der Waals surface area contributed by atoms with Crippen LogP contribution in [0, 0.1) is 20.8 Å². The number of carboxylic acids is 1. The van der Waals surface area contributed by atoms with Gasteiger partial charge in [0.05, 0.1) is 11.9 Å². The number of aromatic carboxylic acids is 1. The van der Waals surface area contributed by atoms with Gasteiger partial charge in [-0.3, -0.25) is 0 Å². The topological polar surface area (TPSA) is 80.9 Å². The van der Waals surface area contributed by atoms with Gasteiger partial charge in [-0.2, -0.15) is 5.10 Å². The molecule has 0 aliphatic carbocycles. The van der Waals surface area contributed by atoms with E-state index >= 15 is 0 Å². The predicted octanol–water partition coefficient (Wildman–Crippen LogP) is 1.29. The molecule has 0 unspecified atom stereocenters. The molecule has 6 nitrogen and oxygen atoms in total. The van der Waals surface area contributed by atoms with E-state index < -0.39 is 5.97 Å². The van der Waals surface area contributed by atoms with E-state index in [9.17, 15) is 4.79 Å². The van der Waals surface area contributed by atoms with Gasteiger partial charge in [0.15, 0.2) is 0 Å². The molecule has 0 spiro atoms. The molecule has 0 radical (unpaired) electrons. The zero-order valence-corrected chi connectivity index (χ0v) is 9.80. The molecule has 0 amide bonds. The smallest absolute Gasteiger partial charge is 0.339 e. The maximum Gasteiger partial charge on any atom is 0.339 e. The van der Waals surface area contributed by atoms with Crippen molar-refractivity contribution in [1.82, 2.24) is 19.7 Å². The van der Waals surface area contributed by atoms with Crippen LogP contribution in [-0.2, 0) is 0 Å². The van der Waals surface area contributed by atoms with Gasteiger partial charge in [0.1, 0.15) is 5.56 Å². The zero-order valence-electron chi connectivity index (χ0n) is 9.80. The summed E-state index contributed by atoms with van der Waals surface area (Å²) in [5, 5.41) is 12.9. The second-order valence-electron chi connectivity index (χ2n) is 3.81. The van der Waals surface area contributed by atoms with Crippen molar-refractivity contribution in [3.05, 3.63) is 34.9 Å². The molecule has 0 bridgehead atoms. The Kier molecular flexibility index (Phi) is 2.63. The van der Waals surface area contributed by atoms with Gasteiger partial charge in [0, 0.05) is 11.4 Å². The summed E-state index contributed by atoms with van der Waals surface area (Å²) in [5.41, 5.74) is 2.31. The average Bonchev–Trinajstić information content (AvgIpc) is 2.58. The van der Waals surface area contributed by atoms with Crippen molar-refractivity contribution < 1.29 is 9.90 Å². The molecule has 0 saturated carbocycles. The number of rotatable bonds is 2. The molecule has 2 aromatic heterocycles. The quantitative estimate of drug-likeness (QED) is 0.843. The standard InChI is InChI=1S/C11H12N4O2/c1-6-4-7(2)14-11(13-6)15-8(3)9(5-12-15)10(16)17/h4-5H,1-3H3,(H,16,17). The summed E-state index contributed by atoms with van der Waals surface area (Å²) in [6.45, 7) is 5.39. The minimum atomic E-state index is -1.00. The van der Waals surface area contributed by atoms with E-state index in [-0.39, 0.29) is 5.56 Å². The first-order valence-electron chi connectivity index (χ1n) is 5.09. The largest absolute Gasteiger partial charge is 0.478 e. The summed E-state index contributed by atoms with van der Waals surface area (Å²) < 4.78 is 1.43. The van der Waals surface area contributed by atoms with E-state index in [1.165, 1.54) is 10.9 Å². The van der Waals surface area contributed by atoms with Crippen LogP contribution in [0.15, 0.2) is 12.3 Å². The van der Waals surface area contributed by atoms with Gasteiger partial charge in [-0.05, 0) is 26.8 Å². The number of hydrogen-bond donors (Lipinski definition) is 1. The highest BCUT2D eigenvalue weighted by atomic mass is 16.4. The molecule has 1 N–H and O–H groups in total. The summed E-state index contributed by atoms with van der Waals surface area (Å²) in [7, 11) is 0. The molecule has 0 aliphatic heterocycles. The third-order valence-corrected chi connectivity index (χ3v) is 2.40. The van der Waals surface area contributed by atoms with Crippen LogP contribution >= 0.6 is 0 Å². The Morgan fingerprint density at radius 2 is 1.82 bits per heavy atom. The second kappa shape index (κ2) is 3.97. The molecule has 88 valence electrons. The minimum Gasteiger partial charge on any atom is -0.478 e. The number of carboxylic acid groups (broad SMARTS) is 1. The molecule has 0 fully saturated rings. The van der Waals surface area contributed by atoms with Crippen LogP contribution in [0.3, 0.4) is 0 Å². The molecule has 0 atom stereocenters. The van der Waals surface area contributed by atoms with Crippen molar-refractivity contribution >= 4 is 5.97 Å². The second-order valence-corrected chi connectivity index (χ2v) is 3.81. The summed E-state index contributed by atoms with van der Waals surface area (Å²) in [6, 6.07) is 1.85. The number of aryl methyl sites for hydroxylation is 2. The van der Waals surface area contributed by atoms with E-state index in [1.54, 1.807) is 6.92 Å². The van der Waals surface area contributed by atoms with Crippen LogP contribution in [-0.4, -0.2) is 30.8 Å². The minimum absolute atomic E-state index is 0.160. The molecule has 0 aliphatic rings. The SMILES string of the molecule is Cc1cc(C)nc(-n2ncc(C(=O)O)c2C)n1. The summed E-state index contributed by atoms with van der Waals surface area (Å²) in [4.78, 5) is 19.4. The average molecular weight is 232 g/mol. The highest BCUT2D eigenvalue weighted by Gasteiger charge is 2.15. The maximum absolute atomic E-state index is 10.9. The molecule has 6 heteroatoms. The molecule has 0 saturated heterocycles. The lowest BCUT2D eigenvalue weighted by atomic mass is 10.3. The van der Waals surface area contributed by atoms with Crippen LogP contribution < -0.4 is 0 Å². The molecule has 2 heterocycles.